The lowest BCUT2D eigenvalue weighted by Crippen LogP contribution is -2.58. The Morgan fingerprint density at radius 3 is 2.54 bits per heavy atom. The largest absolute Gasteiger partial charge is 0.433 e. The van der Waals surface area contributed by atoms with Crippen molar-refractivity contribution in [3.63, 3.8) is 0 Å². The molecule has 0 spiro atoms. The number of aryl methyl sites for hydroxylation is 1. The zero-order chi connectivity index (χ0) is 25.1. The van der Waals surface area contributed by atoms with E-state index in [0.29, 0.717) is 18.5 Å². The molecule has 1 aromatic carbocycles. The van der Waals surface area contributed by atoms with Gasteiger partial charge in [-0.1, -0.05) is 30.3 Å². The van der Waals surface area contributed by atoms with Crippen LogP contribution in [0.2, 0.25) is 0 Å². The maximum Gasteiger partial charge on any atom is 0.433 e. The van der Waals surface area contributed by atoms with Gasteiger partial charge < -0.3 is 15.6 Å². The minimum Gasteiger partial charge on any atom is -0.384 e. The standard InChI is InChI=1S/C25H25F3N6O/c1-17-12-21(29)33-23(25(26,27)28)20(17)14-32-24(16-30-9-10-31-24)13-18-5-7-19(8-6-18)15-34-11-3-2-4-22(34)35/h2-12,16,31-32H,13-15H2,1H3,(H2,29,33). The number of nitrogens with one attached hydrogen (secondary N) is 2. The molecule has 3 heterocycles. The van der Waals surface area contributed by atoms with E-state index in [1.165, 1.54) is 12.1 Å². The molecule has 0 amide bonds. The van der Waals surface area contributed by atoms with Crippen molar-refractivity contribution in [1.29, 1.82) is 0 Å². The Hall–Kier alpha value is -3.92. The number of anilines is 1. The van der Waals surface area contributed by atoms with E-state index in [9.17, 15) is 18.0 Å². The maximum atomic E-state index is 13.6. The Morgan fingerprint density at radius 2 is 1.89 bits per heavy atom. The molecule has 1 aliphatic heterocycles. The minimum absolute atomic E-state index is 0.0273. The zero-order valence-corrected chi connectivity index (χ0v) is 19.0. The van der Waals surface area contributed by atoms with E-state index in [1.807, 2.05) is 24.3 Å². The number of halogens is 3. The Bertz CT molecular complexity index is 1310. The number of hydrogen-bond acceptors (Lipinski definition) is 6. The number of aliphatic imine (C=N–C) groups is 1. The molecule has 35 heavy (non-hydrogen) atoms. The van der Waals surface area contributed by atoms with E-state index < -0.39 is 17.5 Å². The van der Waals surface area contributed by atoms with Crippen LogP contribution in [-0.2, 0) is 25.7 Å². The highest BCUT2D eigenvalue weighted by Gasteiger charge is 2.37. The number of aromatic nitrogens is 2. The quantitative estimate of drug-likeness (QED) is 0.480. The Balaban J connectivity index is 1.54. The molecule has 1 unspecified atom stereocenters. The molecule has 0 saturated heterocycles. The van der Waals surface area contributed by atoms with E-state index in [4.69, 9.17) is 5.73 Å². The van der Waals surface area contributed by atoms with Crippen LogP contribution in [0.5, 0.6) is 0 Å². The van der Waals surface area contributed by atoms with Gasteiger partial charge in [0, 0.05) is 43.8 Å². The van der Waals surface area contributed by atoms with Crippen LogP contribution in [0.4, 0.5) is 19.0 Å². The van der Waals surface area contributed by atoms with Crippen molar-refractivity contribution in [3.05, 3.63) is 105 Å². The van der Waals surface area contributed by atoms with Crippen molar-refractivity contribution in [1.82, 2.24) is 20.2 Å². The van der Waals surface area contributed by atoms with Gasteiger partial charge in [0.1, 0.15) is 11.5 Å². The summed E-state index contributed by atoms with van der Waals surface area (Å²) in [6.07, 6.45) is 2.36. The van der Waals surface area contributed by atoms with E-state index in [0.717, 1.165) is 11.1 Å². The predicted octanol–water partition coefficient (Wildman–Crippen LogP) is 3.37. The van der Waals surface area contributed by atoms with Crippen LogP contribution in [0.3, 0.4) is 0 Å². The van der Waals surface area contributed by atoms with E-state index >= 15 is 0 Å². The summed E-state index contributed by atoms with van der Waals surface area (Å²) < 4.78 is 42.5. The maximum absolute atomic E-state index is 13.6. The summed E-state index contributed by atoms with van der Waals surface area (Å²) in [5, 5.41) is 6.39. The number of nitrogens with two attached hydrogens (primary N) is 1. The highest BCUT2D eigenvalue weighted by atomic mass is 19.4. The number of nitrogen functional groups attached to an aromatic ring is 1. The van der Waals surface area contributed by atoms with E-state index in [2.05, 4.69) is 20.6 Å². The molecular formula is C25H25F3N6O. The lowest BCUT2D eigenvalue weighted by Gasteiger charge is -2.34. The molecule has 182 valence electrons. The van der Waals surface area contributed by atoms with E-state index in [1.54, 1.807) is 48.4 Å². The minimum atomic E-state index is -4.63. The van der Waals surface area contributed by atoms with Crippen LogP contribution in [0.15, 0.2) is 76.9 Å². The van der Waals surface area contributed by atoms with Gasteiger partial charge in [-0.25, -0.2) is 4.98 Å². The van der Waals surface area contributed by atoms with Crippen molar-refractivity contribution < 1.29 is 13.2 Å². The number of benzene rings is 1. The molecule has 1 atom stereocenters. The first-order valence-corrected chi connectivity index (χ1v) is 10.9. The molecule has 7 nitrogen and oxygen atoms in total. The lowest BCUT2D eigenvalue weighted by atomic mass is 9.97. The zero-order valence-electron chi connectivity index (χ0n) is 19.0. The average Bonchev–Trinajstić information content (AvgIpc) is 2.81. The van der Waals surface area contributed by atoms with Gasteiger partial charge in [-0.2, -0.15) is 13.2 Å². The molecule has 2 aromatic heterocycles. The van der Waals surface area contributed by atoms with Crippen LogP contribution in [0.25, 0.3) is 0 Å². The van der Waals surface area contributed by atoms with Gasteiger partial charge in [-0.3, -0.25) is 15.1 Å². The molecule has 3 aromatic rings. The van der Waals surface area contributed by atoms with Crippen molar-refractivity contribution in [2.75, 3.05) is 5.73 Å². The lowest BCUT2D eigenvalue weighted by molar-refractivity contribution is -0.141. The number of hydrogen-bond donors (Lipinski definition) is 3. The average molecular weight is 483 g/mol. The van der Waals surface area contributed by atoms with Gasteiger partial charge in [0.25, 0.3) is 5.56 Å². The van der Waals surface area contributed by atoms with Gasteiger partial charge in [0.15, 0.2) is 5.69 Å². The van der Waals surface area contributed by atoms with Crippen molar-refractivity contribution >= 4 is 12.0 Å². The van der Waals surface area contributed by atoms with Gasteiger partial charge in [0.2, 0.25) is 0 Å². The Labute approximate surface area is 200 Å². The third-order valence-corrected chi connectivity index (χ3v) is 5.77. The van der Waals surface area contributed by atoms with Gasteiger partial charge in [-0.15, -0.1) is 0 Å². The van der Waals surface area contributed by atoms with Gasteiger partial charge in [-0.05, 0) is 41.3 Å². The highest BCUT2D eigenvalue weighted by Crippen LogP contribution is 2.33. The highest BCUT2D eigenvalue weighted by molar-refractivity contribution is 5.72. The first kappa shape index (κ1) is 24.2. The summed E-state index contributed by atoms with van der Waals surface area (Å²) in [5.74, 6) is -0.175. The Morgan fingerprint density at radius 1 is 1.14 bits per heavy atom. The molecule has 0 saturated carbocycles. The SMILES string of the molecule is Cc1cc(N)nc(C(F)(F)F)c1CNC1(Cc2ccc(Cn3ccccc3=O)cc2)C=NC=CN1. The summed E-state index contributed by atoms with van der Waals surface area (Å²) in [6.45, 7) is 1.92. The van der Waals surface area contributed by atoms with Crippen LogP contribution < -0.4 is 21.9 Å². The molecule has 1 aliphatic rings. The number of nitrogens with zero attached hydrogens (tertiary/aromatic N) is 3. The molecule has 0 aliphatic carbocycles. The number of rotatable bonds is 7. The van der Waals surface area contributed by atoms with Gasteiger partial charge >= 0.3 is 6.18 Å². The molecule has 0 bridgehead atoms. The first-order chi connectivity index (χ1) is 16.7. The second kappa shape index (κ2) is 9.75. The fraction of sp³-hybridized carbons (Fsp3) is 0.240. The molecule has 0 fully saturated rings. The summed E-state index contributed by atoms with van der Waals surface area (Å²) in [6, 6.07) is 14.1. The molecule has 4 N–H and O–H groups in total. The van der Waals surface area contributed by atoms with Crippen molar-refractivity contribution in [2.24, 2.45) is 4.99 Å². The number of alkyl halides is 3. The van der Waals surface area contributed by atoms with Crippen LogP contribution >= 0.6 is 0 Å². The fourth-order valence-corrected chi connectivity index (χ4v) is 3.99. The molecule has 4 rings (SSSR count). The third kappa shape index (κ3) is 5.78. The third-order valence-electron chi connectivity index (χ3n) is 5.77. The predicted molar refractivity (Wildman–Crippen MR) is 129 cm³/mol. The summed E-state index contributed by atoms with van der Waals surface area (Å²) in [5.41, 5.74) is 5.88. The van der Waals surface area contributed by atoms with Gasteiger partial charge in [0.05, 0.1) is 6.54 Å². The van der Waals surface area contributed by atoms with Crippen LogP contribution in [-0.4, -0.2) is 21.4 Å². The monoisotopic (exact) mass is 482 g/mol. The van der Waals surface area contributed by atoms with Crippen molar-refractivity contribution in [3.8, 4) is 0 Å². The second-order valence-electron chi connectivity index (χ2n) is 8.41. The van der Waals surface area contributed by atoms with E-state index in [-0.39, 0.29) is 23.5 Å². The van der Waals surface area contributed by atoms with Crippen molar-refractivity contribution in [2.45, 2.75) is 38.3 Å². The summed E-state index contributed by atoms with van der Waals surface area (Å²) in [7, 11) is 0. The molecule has 10 heteroatoms. The summed E-state index contributed by atoms with van der Waals surface area (Å²) in [4.78, 5) is 19.7. The Kier molecular flexibility index (Phi) is 6.74. The summed E-state index contributed by atoms with van der Waals surface area (Å²) >= 11 is 0. The fourth-order valence-electron chi connectivity index (χ4n) is 3.99. The second-order valence-corrected chi connectivity index (χ2v) is 8.41. The molecule has 0 radical (unpaired) electrons. The topological polar surface area (TPSA) is 97.3 Å². The normalized spacial score (nSPS) is 17.4. The van der Waals surface area contributed by atoms with Crippen LogP contribution in [0, 0.1) is 6.92 Å². The number of pyridine rings is 2. The van der Waals surface area contributed by atoms with Crippen LogP contribution in [0.1, 0.15) is 27.9 Å². The first-order valence-electron chi connectivity index (χ1n) is 10.9. The molecular weight excluding hydrogens is 457 g/mol. The smallest absolute Gasteiger partial charge is 0.384 e.